The van der Waals surface area contributed by atoms with Crippen LogP contribution in [0, 0.1) is 0 Å². The van der Waals surface area contributed by atoms with E-state index in [-0.39, 0.29) is 37.1 Å². The summed E-state index contributed by atoms with van der Waals surface area (Å²) in [6, 6.07) is 0. The average molecular weight is 217 g/mol. The Hall–Kier alpha value is 0.520. The largest absolute Gasteiger partial charge is 1.00 e. The summed E-state index contributed by atoms with van der Waals surface area (Å²) in [7, 11) is -3.83. The molecule has 0 rings (SSSR count). The van der Waals surface area contributed by atoms with Gasteiger partial charge in [0.25, 0.3) is 9.05 Å². The third-order valence-corrected chi connectivity index (χ3v) is 0. The van der Waals surface area contributed by atoms with Gasteiger partial charge in [0.2, 0.25) is 0 Å². The SMILES string of the molecule is N.O=C(O)O.O=S(O)(O)=S.[H-].[Na+]. The van der Waals surface area contributed by atoms with Crippen LogP contribution in [0.25, 0.3) is 0 Å². The Morgan fingerprint density at radius 1 is 1.36 bits per heavy atom. The zero-order valence-corrected chi connectivity index (χ0v) is 9.26. The zero-order chi connectivity index (χ0) is 8.08. The summed E-state index contributed by atoms with van der Waals surface area (Å²) >= 11 is 3.47. The first-order valence-electron chi connectivity index (χ1n) is 1.35. The van der Waals surface area contributed by atoms with Crippen molar-refractivity contribution in [2.24, 2.45) is 0 Å². The van der Waals surface area contributed by atoms with Gasteiger partial charge in [0.1, 0.15) is 0 Å². The van der Waals surface area contributed by atoms with Crippen molar-refractivity contribution in [1.82, 2.24) is 6.15 Å². The maximum absolute atomic E-state index is 9.11. The number of hydrogen-bond acceptors (Lipinski definition) is 4. The standard InChI is InChI=1S/CH2O3.H3N.Na.H2O3S2.H/c2-1(3)4;;;1-5(2,3)4;/h(H2,2,3,4);1H3;;(H2,1,2,3,4);/q;;+1;;-1. The van der Waals surface area contributed by atoms with E-state index in [4.69, 9.17) is 28.3 Å². The molecule has 66 valence electrons. The van der Waals surface area contributed by atoms with Gasteiger partial charge in [-0.2, -0.15) is 4.21 Å². The molecular formula is CH8NNaO6S2. The number of carbonyl (C=O) groups is 1. The van der Waals surface area contributed by atoms with Gasteiger partial charge in [-0.25, -0.2) is 4.79 Å². The van der Waals surface area contributed by atoms with Crippen LogP contribution in [0.4, 0.5) is 4.79 Å². The van der Waals surface area contributed by atoms with E-state index in [0.29, 0.717) is 0 Å². The number of rotatable bonds is 0. The van der Waals surface area contributed by atoms with Crippen molar-refractivity contribution in [3.05, 3.63) is 0 Å². The molecule has 0 aliphatic heterocycles. The van der Waals surface area contributed by atoms with E-state index in [1.54, 1.807) is 0 Å². The van der Waals surface area contributed by atoms with E-state index in [9.17, 15) is 0 Å². The normalized spacial score (nSPS) is 7.45. The van der Waals surface area contributed by atoms with Gasteiger partial charge in [0.15, 0.2) is 0 Å². The Bertz CT molecular complexity index is 168. The molecule has 0 fully saturated rings. The quantitative estimate of drug-likeness (QED) is 0.272. The van der Waals surface area contributed by atoms with Gasteiger partial charge in [0, 0.05) is 11.2 Å². The van der Waals surface area contributed by atoms with Crippen LogP contribution in [0.2, 0.25) is 0 Å². The molecule has 0 aromatic rings. The molecule has 0 atom stereocenters. The maximum Gasteiger partial charge on any atom is 1.00 e. The van der Waals surface area contributed by atoms with E-state index in [1.807, 2.05) is 0 Å². The van der Waals surface area contributed by atoms with E-state index in [0.717, 1.165) is 0 Å². The topological polar surface area (TPSA) is 150 Å². The first-order valence-corrected chi connectivity index (χ1v) is 3.75. The third kappa shape index (κ3) is 2820. The second-order valence-corrected chi connectivity index (χ2v) is 2.93. The molecule has 0 radical (unpaired) electrons. The molecule has 0 bridgehead atoms. The molecule has 0 aromatic carbocycles. The number of carboxylic acid groups (broad SMARTS) is 2. The summed E-state index contributed by atoms with van der Waals surface area (Å²) in [5.74, 6) is 0. The minimum Gasteiger partial charge on any atom is -1.00 e. The Labute approximate surface area is 91.5 Å². The van der Waals surface area contributed by atoms with Gasteiger partial charge < -0.3 is 17.8 Å². The van der Waals surface area contributed by atoms with Crippen LogP contribution in [0.5, 0.6) is 0 Å². The van der Waals surface area contributed by atoms with Crippen LogP contribution in [0.3, 0.4) is 0 Å². The predicted molar refractivity (Wildman–Crippen MR) is 37.6 cm³/mol. The summed E-state index contributed by atoms with van der Waals surface area (Å²) in [4.78, 5) is 8.56. The minimum atomic E-state index is -3.83. The van der Waals surface area contributed by atoms with E-state index in [2.05, 4.69) is 11.2 Å². The molecule has 0 spiro atoms. The van der Waals surface area contributed by atoms with Gasteiger partial charge in [-0.3, -0.25) is 9.11 Å². The van der Waals surface area contributed by atoms with Crippen molar-refractivity contribution in [2.75, 3.05) is 0 Å². The fourth-order valence-electron chi connectivity index (χ4n) is 0. The monoisotopic (exact) mass is 217 g/mol. The van der Waals surface area contributed by atoms with Gasteiger partial charge >= 0.3 is 35.7 Å². The third-order valence-electron chi connectivity index (χ3n) is 0. The summed E-state index contributed by atoms with van der Waals surface area (Å²) in [6.07, 6.45) is -1.83. The Morgan fingerprint density at radius 2 is 1.36 bits per heavy atom. The van der Waals surface area contributed by atoms with Crippen molar-refractivity contribution >= 4 is 26.4 Å². The van der Waals surface area contributed by atoms with Gasteiger partial charge in [0.05, 0.1) is 0 Å². The Morgan fingerprint density at radius 3 is 1.36 bits per heavy atom. The van der Waals surface area contributed by atoms with E-state index in [1.165, 1.54) is 0 Å². The van der Waals surface area contributed by atoms with Crippen molar-refractivity contribution < 1.29 is 59.3 Å². The first-order chi connectivity index (χ1) is 3.73. The van der Waals surface area contributed by atoms with Crippen LogP contribution >= 0.6 is 0 Å². The molecule has 0 aliphatic rings. The fraction of sp³-hybridized carbons (Fsp3) is 0. The maximum atomic E-state index is 9.11. The van der Waals surface area contributed by atoms with Crippen LogP contribution in [-0.4, -0.2) is 29.7 Å². The molecule has 0 unspecified atom stereocenters. The van der Waals surface area contributed by atoms with Crippen LogP contribution < -0.4 is 35.7 Å². The zero-order valence-electron chi connectivity index (χ0n) is 6.63. The van der Waals surface area contributed by atoms with E-state index < -0.39 is 15.2 Å². The second-order valence-electron chi connectivity index (χ2n) is 0.730. The van der Waals surface area contributed by atoms with Gasteiger partial charge in [-0.05, 0) is 0 Å². The molecular weight excluding hydrogens is 209 g/mol. The Kier molecular flexibility index (Phi) is 21.6. The Balaban J connectivity index is -0.0000000221. The van der Waals surface area contributed by atoms with Crippen LogP contribution in [-0.2, 0) is 20.2 Å². The molecule has 0 heterocycles. The molecule has 11 heavy (non-hydrogen) atoms. The van der Waals surface area contributed by atoms with Crippen LogP contribution in [0.1, 0.15) is 1.43 Å². The molecule has 10 heteroatoms. The average Bonchev–Trinajstić information content (AvgIpc) is 1.19. The molecule has 0 saturated heterocycles. The van der Waals surface area contributed by atoms with Crippen LogP contribution in [0.15, 0.2) is 0 Å². The van der Waals surface area contributed by atoms with Crippen molar-refractivity contribution in [2.45, 2.75) is 0 Å². The summed E-state index contributed by atoms with van der Waals surface area (Å²) in [6.45, 7) is 0. The molecule has 7 nitrogen and oxygen atoms in total. The number of hydrogen-bond donors (Lipinski definition) is 5. The molecule has 7 N–H and O–H groups in total. The summed E-state index contributed by atoms with van der Waals surface area (Å²) in [5, 5.41) is 13.9. The summed E-state index contributed by atoms with van der Waals surface area (Å²) in [5.41, 5.74) is 0. The first kappa shape index (κ1) is 22.5. The molecule has 0 saturated carbocycles. The van der Waals surface area contributed by atoms with Crippen molar-refractivity contribution in [3.8, 4) is 0 Å². The predicted octanol–water partition coefficient (Wildman–Crippen LogP) is -2.82. The van der Waals surface area contributed by atoms with E-state index >= 15 is 0 Å². The second kappa shape index (κ2) is 10.5. The van der Waals surface area contributed by atoms with Gasteiger partial charge in [-0.15, -0.1) is 0 Å². The minimum absolute atomic E-state index is 0. The fourth-order valence-corrected chi connectivity index (χ4v) is 0. The van der Waals surface area contributed by atoms with Gasteiger partial charge in [-0.1, -0.05) is 0 Å². The smallest absolute Gasteiger partial charge is 1.00 e. The molecule has 0 amide bonds. The van der Waals surface area contributed by atoms with Crippen molar-refractivity contribution in [1.29, 1.82) is 0 Å². The molecule has 0 aliphatic carbocycles. The van der Waals surface area contributed by atoms with Crippen molar-refractivity contribution in [3.63, 3.8) is 0 Å². The molecule has 0 aromatic heterocycles. The summed E-state index contributed by atoms with van der Waals surface area (Å²) < 4.78 is 24.0.